The van der Waals surface area contributed by atoms with Gasteiger partial charge >= 0.3 is 0 Å². The molecule has 0 radical (unpaired) electrons. The highest BCUT2D eigenvalue weighted by atomic mass is 16.7. The molecule has 2 fully saturated rings. The van der Waals surface area contributed by atoms with E-state index in [1.54, 1.807) is 0 Å². The van der Waals surface area contributed by atoms with E-state index >= 15 is 0 Å². The van der Waals surface area contributed by atoms with E-state index in [1.165, 1.54) is 32.1 Å². The van der Waals surface area contributed by atoms with Crippen LogP contribution in [0.5, 0.6) is 0 Å². The van der Waals surface area contributed by atoms with Gasteiger partial charge < -0.3 is 15.2 Å². The zero-order valence-corrected chi connectivity index (χ0v) is 10.4. The van der Waals surface area contributed by atoms with Crippen LogP contribution in [0.2, 0.25) is 0 Å². The van der Waals surface area contributed by atoms with Crippen molar-refractivity contribution in [1.82, 2.24) is 0 Å². The molecule has 0 aromatic heterocycles. The van der Waals surface area contributed by atoms with E-state index in [4.69, 9.17) is 15.2 Å². The Kier molecular flexibility index (Phi) is 4.22. The third kappa shape index (κ3) is 2.76. The van der Waals surface area contributed by atoms with E-state index in [0.717, 1.165) is 18.8 Å². The van der Waals surface area contributed by atoms with E-state index < -0.39 is 0 Å². The fourth-order valence-corrected chi connectivity index (χ4v) is 3.05. The molecular formula is C13H25NO2. The second kappa shape index (κ2) is 5.48. The van der Waals surface area contributed by atoms with Crippen LogP contribution in [-0.2, 0) is 9.47 Å². The Morgan fingerprint density at radius 1 is 1.31 bits per heavy atom. The van der Waals surface area contributed by atoms with Crippen molar-refractivity contribution in [1.29, 1.82) is 0 Å². The third-order valence-corrected chi connectivity index (χ3v) is 3.98. The van der Waals surface area contributed by atoms with Crippen LogP contribution in [0.3, 0.4) is 0 Å². The van der Waals surface area contributed by atoms with Crippen LogP contribution in [0, 0.1) is 5.92 Å². The van der Waals surface area contributed by atoms with Crippen molar-refractivity contribution in [3.8, 4) is 0 Å². The summed E-state index contributed by atoms with van der Waals surface area (Å²) in [5, 5.41) is 0. The molecule has 2 rings (SSSR count). The Labute approximate surface area is 98.7 Å². The molecule has 16 heavy (non-hydrogen) atoms. The van der Waals surface area contributed by atoms with Crippen LogP contribution in [0.25, 0.3) is 0 Å². The number of nitrogens with two attached hydrogens (primary N) is 1. The summed E-state index contributed by atoms with van der Waals surface area (Å²) in [6, 6.07) is 0. The summed E-state index contributed by atoms with van der Waals surface area (Å²) < 4.78 is 11.9. The molecule has 3 atom stereocenters. The molecule has 3 heteroatoms. The van der Waals surface area contributed by atoms with E-state index in [-0.39, 0.29) is 11.9 Å². The van der Waals surface area contributed by atoms with Gasteiger partial charge in [-0.1, -0.05) is 26.2 Å². The first-order valence-electron chi connectivity index (χ1n) is 6.80. The summed E-state index contributed by atoms with van der Waals surface area (Å²) in [5.41, 5.74) is 5.63. The topological polar surface area (TPSA) is 44.5 Å². The highest BCUT2D eigenvalue weighted by molar-refractivity contribution is 4.83. The van der Waals surface area contributed by atoms with Crippen molar-refractivity contribution in [2.24, 2.45) is 11.7 Å². The first-order valence-corrected chi connectivity index (χ1v) is 6.80. The van der Waals surface area contributed by atoms with Crippen LogP contribution in [0.4, 0.5) is 0 Å². The maximum Gasteiger partial charge on any atom is 0.168 e. The van der Waals surface area contributed by atoms with Gasteiger partial charge in [-0.25, -0.2) is 0 Å². The Balaban J connectivity index is 1.88. The first-order chi connectivity index (χ1) is 7.78. The molecular weight excluding hydrogens is 202 g/mol. The lowest BCUT2D eigenvalue weighted by molar-refractivity contribution is -0.175. The monoisotopic (exact) mass is 227 g/mol. The minimum absolute atomic E-state index is 0.128. The smallest absolute Gasteiger partial charge is 0.168 e. The fourth-order valence-electron chi connectivity index (χ4n) is 3.05. The molecule has 0 aromatic rings. The Hall–Kier alpha value is -0.120. The lowest BCUT2D eigenvalue weighted by Crippen LogP contribution is -2.32. The van der Waals surface area contributed by atoms with Crippen LogP contribution in [-0.4, -0.2) is 25.0 Å². The van der Waals surface area contributed by atoms with Crippen molar-refractivity contribution in [2.75, 3.05) is 13.2 Å². The quantitative estimate of drug-likeness (QED) is 0.805. The number of hydrogen-bond donors (Lipinski definition) is 1. The predicted molar refractivity (Wildman–Crippen MR) is 64.1 cm³/mol. The average molecular weight is 227 g/mol. The molecule has 1 aliphatic heterocycles. The van der Waals surface area contributed by atoms with Gasteiger partial charge in [0.2, 0.25) is 0 Å². The first kappa shape index (κ1) is 12.3. The number of ether oxygens (including phenoxy) is 2. The molecule has 0 bridgehead atoms. The molecule has 0 amide bonds. The van der Waals surface area contributed by atoms with E-state index in [2.05, 4.69) is 6.92 Å². The zero-order valence-electron chi connectivity index (χ0n) is 10.4. The van der Waals surface area contributed by atoms with Crippen LogP contribution in [0.1, 0.15) is 51.9 Å². The van der Waals surface area contributed by atoms with Gasteiger partial charge in [0.25, 0.3) is 0 Å². The minimum atomic E-state index is -0.271. The maximum atomic E-state index is 6.00. The molecule has 1 aliphatic carbocycles. The van der Waals surface area contributed by atoms with E-state index in [1.807, 2.05) is 0 Å². The summed E-state index contributed by atoms with van der Waals surface area (Å²) in [7, 11) is 0. The summed E-state index contributed by atoms with van der Waals surface area (Å²) in [6.45, 7) is 3.54. The summed E-state index contributed by atoms with van der Waals surface area (Å²) in [5.74, 6) is 0.612. The molecule has 3 nitrogen and oxygen atoms in total. The molecule has 1 saturated heterocycles. The zero-order chi connectivity index (χ0) is 11.4. The third-order valence-electron chi connectivity index (χ3n) is 3.98. The van der Waals surface area contributed by atoms with Crippen molar-refractivity contribution in [3.63, 3.8) is 0 Å². The normalized spacial score (nSPS) is 40.1. The Morgan fingerprint density at radius 3 is 2.88 bits per heavy atom. The Morgan fingerprint density at radius 2 is 2.19 bits per heavy atom. The predicted octanol–water partition coefficient (Wildman–Crippen LogP) is 2.44. The van der Waals surface area contributed by atoms with Crippen molar-refractivity contribution < 1.29 is 9.47 Å². The molecule has 0 aromatic carbocycles. The van der Waals surface area contributed by atoms with Gasteiger partial charge in [0.05, 0.1) is 12.7 Å². The highest BCUT2D eigenvalue weighted by Gasteiger charge is 2.41. The second-order valence-electron chi connectivity index (χ2n) is 5.28. The van der Waals surface area contributed by atoms with Crippen LogP contribution < -0.4 is 5.73 Å². The fraction of sp³-hybridized carbons (Fsp3) is 1.00. The van der Waals surface area contributed by atoms with E-state index in [9.17, 15) is 0 Å². The number of rotatable bonds is 3. The lowest BCUT2D eigenvalue weighted by atomic mass is 9.95. The van der Waals surface area contributed by atoms with Crippen molar-refractivity contribution in [3.05, 3.63) is 0 Å². The second-order valence-corrected chi connectivity index (χ2v) is 5.28. The van der Waals surface area contributed by atoms with Gasteiger partial charge in [-0.3, -0.25) is 0 Å². The highest BCUT2D eigenvalue weighted by Crippen LogP contribution is 2.39. The van der Waals surface area contributed by atoms with Crippen LogP contribution >= 0.6 is 0 Å². The minimum Gasteiger partial charge on any atom is -0.347 e. The molecule has 94 valence electrons. The standard InChI is InChI=1S/C13H25NO2/c1-2-4-11-5-3-7-13(8-6-11)15-10-12(9-14)16-13/h11-12H,2-10,14H2,1H3. The molecule has 2 N–H and O–H groups in total. The maximum absolute atomic E-state index is 6.00. The van der Waals surface area contributed by atoms with Gasteiger partial charge in [0, 0.05) is 19.4 Å². The Bertz CT molecular complexity index is 222. The number of hydrogen-bond acceptors (Lipinski definition) is 3. The van der Waals surface area contributed by atoms with Gasteiger partial charge in [0.15, 0.2) is 5.79 Å². The average Bonchev–Trinajstić information content (AvgIpc) is 2.59. The molecule has 1 heterocycles. The summed E-state index contributed by atoms with van der Waals surface area (Å²) in [4.78, 5) is 0. The molecule has 2 aliphatic rings. The van der Waals surface area contributed by atoms with Crippen LogP contribution in [0.15, 0.2) is 0 Å². The largest absolute Gasteiger partial charge is 0.347 e. The van der Waals surface area contributed by atoms with Crippen molar-refractivity contribution >= 4 is 0 Å². The molecule has 1 spiro atoms. The summed E-state index contributed by atoms with van der Waals surface area (Å²) >= 11 is 0. The van der Waals surface area contributed by atoms with Crippen molar-refractivity contribution in [2.45, 2.75) is 63.8 Å². The van der Waals surface area contributed by atoms with Gasteiger partial charge in [-0.05, 0) is 18.8 Å². The van der Waals surface area contributed by atoms with E-state index in [0.29, 0.717) is 13.2 Å². The van der Waals surface area contributed by atoms with Gasteiger partial charge in [-0.15, -0.1) is 0 Å². The van der Waals surface area contributed by atoms with Gasteiger partial charge in [-0.2, -0.15) is 0 Å². The summed E-state index contributed by atoms with van der Waals surface area (Å²) in [6.07, 6.45) is 8.74. The molecule has 1 saturated carbocycles. The van der Waals surface area contributed by atoms with Gasteiger partial charge in [0.1, 0.15) is 0 Å². The molecule has 3 unspecified atom stereocenters. The lowest BCUT2D eigenvalue weighted by Gasteiger charge is -2.26. The SMILES string of the molecule is CCCC1CCCC2(CC1)OCC(CN)O2.